The van der Waals surface area contributed by atoms with Crippen LogP contribution >= 0.6 is 0 Å². The first-order valence-corrected chi connectivity index (χ1v) is 18.9. The highest BCUT2D eigenvalue weighted by Crippen LogP contribution is 2.54. The maximum atomic E-state index is 11.4. The normalized spacial score (nSPS) is 13.8. The molecule has 0 atom stereocenters. The highest BCUT2D eigenvalue weighted by molar-refractivity contribution is 6.01. The summed E-state index contributed by atoms with van der Waals surface area (Å²) in [6, 6.07) is 56.8. The molecular formula is C52H39N3O. The van der Waals surface area contributed by atoms with Gasteiger partial charge in [-0.15, -0.1) is 0 Å². The van der Waals surface area contributed by atoms with Crippen molar-refractivity contribution in [1.29, 1.82) is 0 Å². The molecule has 1 N–H and O–H groups in total. The third-order valence-electron chi connectivity index (χ3n) is 11.3. The molecule has 0 fully saturated rings. The zero-order valence-corrected chi connectivity index (χ0v) is 31.0. The summed E-state index contributed by atoms with van der Waals surface area (Å²) in [6.07, 6.45) is 1.82. The van der Waals surface area contributed by atoms with Crippen molar-refractivity contribution in [3.8, 4) is 78.6 Å². The molecule has 0 saturated heterocycles. The van der Waals surface area contributed by atoms with E-state index in [4.69, 9.17) is 14.1 Å². The molecule has 0 saturated carbocycles. The van der Waals surface area contributed by atoms with E-state index in [0.29, 0.717) is 17.0 Å². The molecule has 9 aromatic rings. The van der Waals surface area contributed by atoms with E-state index in [-0.39, 0.29) is 11.2 Å². The number of benzene rings is 7. The van der Waals surface area contributed by atoms with Gasteiger partial charge in [0.2, 0.25) is 0 Å². The Morgan fingerprint density at radius 1 is 0.554 bits per heavy atom. The van der Waals surface area contributed by atoms with Crippen LogP contribution in [0.4, 0.5) is 0 Å². The molecule has 2 aromatic heterocycles. The van der Waals surface area contributed by atoms with Gasteiger partial charge in [0.25, 0.3) is 0 Å². The number of hydrogen-bond donors (Lipinski definition) is 1. The third-order valence-corrected chi connectivity index (χ3v) is 11.3. The summed E-state index contributed by atoms with van der Waals surface area (Å²) in [5.74, 6) is 0.796. The Morgan fingerprint density at radius 3 is 2.02 bits per heavy atom. The van der Waals surface area contributed by atoms with Crippen LogP contribution in [0.15, 0.2) is 176 Å². The summed E-state index contributed by atoms with van der Waals surface area (Å²) < 4.78 is 25.7. The van der Waals surface area contributed by atoms with Crippen LogP contribution < -0.4 is 0 Å². The predicted octanol–water partition coefficient (Wildman–Crippen LogP) is 13.1. The number of fused-ring (bicyclic) bond motifs is 4. The molecule has 0 bridgehead atoms. The van der Waals surface area contributed by atoms with E-state index >= 15 is 0 Å². The van der Waals surface area contributed by atoms with Gasteiger partial charge in [0.1, 0.15) is 11.6 Å². The topological polar surface area (TPSA) is 50.9 Å². The minimum Gasteiger partial charge on any atom is -0.507 e. The number of nitrogens with zero attached hydrogens (tertiary/aromatic N) is 3. The fraction of sp³-hybridized carbons (Fsp3) is 0.0769. The van der Waals surface area contributed by atoms with Crippen LogP contribution in [-0.4, -0.2) is 19.6 Å². The highest BCUT2D eigenvalue weighted by Gasteiger charge is 2.38. The first-order valence-electron chi connectivity index (χ1n) is 20.4. The number of rotatable bonds is 6. The van der Waals surface area contributed by atoms with Crippen molar-refractivity contribution in [2.75, 3.05) is 0 Å². The van der Waals surface area contributed by atoms with E-state index in [2.05, 4.69) is 109 Å². The lowest BCUT2D eigenvalue weighted by atomic mass is 9.78. The minimum absolute atomic E-state index is 0.154. The largest absolute Gasteiger partial charge is 0.507 e. The van der Waals surface area contributed by atoms with Crippen molar-refractivity contribution >= 4 is 11.0 Å². The quantitative estimate of drug-likeness (QED) is 0.186. The number of aryl methyl sites for hydroxylation is 1. The standard InChI is InChI=1S/C52H39N3O/c1-33-24-26-34(27-25-33)36-28-29-53-45(32-36)37-30-42-39-17-7-10-20-44(39)52(2,3)49(42)43(31-37)40-19-13-22-47-50(40)54-51(41-18-9-12-23-48(41)56)55(47)46-21-11-8-16-38(46)35-14-5-4-6-15-35/h4-32,56H,1-3H3/i1D3. The molecule has 10 rings (SSSR count). The van der Waals surface area contributed by atoms with Crippen LogP contribution in [0.2, 0.25) is 0 Å². The van der Waals surface area contributed by atoms with Gasteiger partial charge in [-0.05, 0) is 99.9 Å². The van der Waals surface area contributed by atoms with Gasteiger partial charge >= 0.3 is 0 Å². The van der Waals surface area contributed by atoms with Crippen LogP contribution in [0, 0.1) is 6.85 Å². The molecule has 268 valence electrons. The molecule has 4 nitrogen and oxygen atoms in total. The van der Waals surface area contributed by atoms with Gasteiger partial charge in [0, 0.05) is 32.4 Å². The SMILES string of the molecule is [2H]C([2H])([2H])c1ccc(-c2ccnc(-c3cc4c(c(-c5cccc6c5nc(-c5ccccc5O)n6-c5ccccc5-c5ccccc5)c3)C(C)(C)c3ccccc3-4)c2)cc1. The summed E-state index contributed by atoms with van der Waals surface area (Å²) in [6.45, 7) is 2.43. The van der Waals surface area contributed by atoms with Gasteiger partial charge < -0.3 is 5.11 Å². The number of para-hydroxylation sites is 3. The second kappa shape index (κ2) is 13.1. The number of phenols is 1. The Hall–Kier alpha value is -7.04. The second-order valence-electron chi connectivity index (χ2n) is 15.0. The van der Waals surface area contributed by atoms with E-state index in [0.717, 1.165) is 66.9 Å². The summed E-state index contributed by atoms with van der Waals surface area (Å²) in [4.78, 5) is 10.4. The van der Waals surface area contributed by atoms with Gasteiger partial charge in [-0.3, -0.25) is 9.55 Å². The molecular weight excluding hydrogens is 683 g/mol. The molecule has 0 spiro atoms. The molecule has 4 heteroatoms. The Bertz CT molecular complexity index is 3070. The van der Waals surface area contributed by atoms with Crippen molar-refractivity contribution < 1.29 is 9.22 Å². The van der Waals surface area contributed by atoms with E-state index in [9.17, 15) is 5.11 Å². The number of hydrogen-bond acceptors (Lipinski definition) is 3. The first kappa shape index (κ1) is 30.3. The number of aromatic hydroxyl groups is 1. The molecule has 2 heterocycles. The predicted molar refractivity (Wildman–Crippen MR) is 230 cm³/mol. The van der Waals surface area contributed by atoms with Crippen LogP contribution in [0.25, 0.3) is 83.9 Å². The molecule has 0 aliphatic heterocycles. The Kier molecular flexibility index (Phi) is 7.07. The fourth-order valence-electron chi connectivity index (χ4n) is 8.65. The fourth-order valence-corrected chi connectivity index (χ4v) is 8.65. The van der Waals surface area contributed by atoms with Crippen LogP contribution in [0.1, 0.15) is 34.7 Å². The zero-order chi connectivity index (χ0) is 40.5. The Labute approximate surface area is 331 Å². The third kappa shape index (κ3) is 5.37. The van der Waals surface area contributed by atoms with E-state index < -0.39 is 6.85 Å². The van der Waals surface area contributed by atoms with Crippen LogP contribution in [0.5, 0.6) is 5.75 Å². The molecule has 0 radical (unpaired) electrons. The number of pyridine rings is 1. The molecule has 56 heavy (non-hydrogen) atoms. The van der Waals surface area contributed by atoms with Gasteiger partial charge in [0.15, 0.2) is 0 Å². The van der Waals surface area contributed by atoms with Gasteiger partial charge in [-0.25, -0.2) is 4.98 Å². The maximum absolute atomic E-state index is 11.4. The monoisotopic (exact) mass is 724 g/mol. The van der Waals surface area contributed by atoms with E-state index in [1.54, 1.807) is 18.2 Å². The maximum Gasteiger partial charge on any atom is 0.149 e. The van der Waals surface area contributed by atoms with Gasteiger partial charge in [-0.2, -0.15) is 0 Å². The van der Waals surface area contributed by atoms with E-state index in [1.807, 2.05) is 66.9 Å². The number of imidazole rings is 1. The van der Waals surface area contributed by atoms with Crippen LogP contribution in [-0.2, 0) is 5.41 Å². The van der Waals surface area contributed by atoms with Crippen molar-refractivity contribution in [1.82, 2.24) is 14.5 Å². The average molecular weight is 725 g/mol. The molecule has 7 aromatic carbocycles. The van der Waals surface area contributed by atoms with Gasteiger partial charge in [0.05, 0.1) is 28.0 Å². The summed E-state index contributed by atoms with van der Waals surface area (Å²) in [5, 5.41) is 11.4. The summed E-state index contributed by atoms with van der Waals surface area (Å²) in [5.41, 5.74) is 15.9. The minimum atomic E-state index is -2.17. The lowest BCUT2D eigenvalue weighted by molar-refractivity contribution is 0.477. The molecule has 1 aliphatic carbocycles. The van der Waals surface area contributed by atoms with Gasteiger partial charge in [-0.1, -0.05) is 141 Å². The Morgan fingerprint density at radius 2 is 1.23 bits per heavy atom. The summed E-state index contributed by atoms with van der Waals surface area (Å²) in [7, 11) is 0. The lowest BCUT2D eigenvalue weighted by Crippen LogP contribution is -2.16. The average Bonchev–Trinajstić information content (AvgIpc) is 3.76. The number of aromatic nitrogens is 3. The van der Waals surface area contributed by atoms with Crippen molar-refractivity contribution in [3.63, 3.8) is 0 Å². The smallest absolute Gasteiger partial charge is 0.149 e. The molecule has 0 amide bonds. The first-order chi connectivity index (χ1) is 28.6. The van der Waals surface area contributed by atoms with E-state index in [1.165, 1.54) is 16.7 Å². The lowest BCUT2D eigenvalue weighted by Gasteiger charge is -2.25. The van der Waals surface area contributed by atoms with Crippen LogP contribution in [0.3, 0.4) is 0 Å². The van der Waals surface area contributed by atoms with Crippen molar-refractivity contribution in [3.05, 3.63) is 193 Å². The number of phenolic OH excluding ortho intramolecular Hbond substituents is 1. The second-order valence-corrected chi connectivity index (χ2v) is 15.0. The molecule has 1 aliphatic rings. The molecule has 0 unspecified atom stereocenters. The highest BCUT2D eigenvalue weighted by atomic mass is 16.3. The Balaban J connectivity index is 1.24. The summed E-state index contributed by atoms with van der Waals surface area (Å²) >= 11 is 0. The van der Waals surface area contributed by atoms with Crippen molar-refractivity contribution in [2.24, 2.45) is 0 Å². The van der Waals surface area contributed by atoms with Crippen molar-refractivity contribution in [2.45, 2.75) is 26.1 Å². The zero-order valence-electron chi connectivity index (χ0n) is 34.0.